The molecule has 0 radical (unpaired) electrons. The molecule has 0 aliphatic carbocycles. The molecule has 4 aromatic rings. The molecule has 0 bridgehead atoms. The van der Waals surface area contributed by atoms with Gasteiger partial charge < -0.3 is 24.3 Å². The molecule has 1 aliphatic rings. The summed E-state index contributed by atoms with van der Waals surface area (Å²) in [7, 11) is 6.19. The smallest absolute Gasteiger partial charge is 0.271 e. The van der Waals surface area contributed by atoms with Gasteiger partial charge in [0.2, 0.25) is 5.75 Å². The van der Waals surface area contributed by atoms with Crippen LogP contribution in [0.4, 0.5) is 5.69 Å². The average Bonchev–Trinajstić information content (AvgIpc) is 3.29. The number of para-hydroxylation sites is 1. The van der Waals surface area contributed by atoms with Gasteiger partial charge in [0.1, 0.15) is 5.75 Å². The molecule has 2 heterocycles. The first kappa shape index (κ1) is 27.7. The van der Waals surface area contributed by atoms with E-state index >= 15 is 0 Å². The summed E-state index contributed by atoms with van der Waals surface area (Å²) in [5.41, 5.74) is 2.71. The normalized spacial score (nSPS) is 14.7. The van der Waals surface area contributed by atoms with E-state index in [4.69, 9.17) is 23.9 Å². The number of allylic oxidation sites excluding steroid dienone is 1. The minimum Gasteiger partial charge on any atom is -0.497 e. The van der Waals surface area contributed by atoms with Crippen molar-refractivity contribution in [1.29, 1.82) is 0 Å². The summed E-state index contributed by atoms with van der Waals surface area (Å²) >= 11 is 1.25. The number of benzene rings is 3. The van der Waals surface area contributed by atoms with Crippen LogP contribution in [-0.2, 0) is 4.79 Å². The Balaban J connectivity index is 1.68. The highest BCUT2D eigenvalue weighted by Crippen LogP contribution is 2.38. The number of hydrogen-bond donors (Lipinski definition) is 1. The van der Waals surface area contributed by atoms with Crippen LogP contribution >= 0.6 is 11.3 Å². The van der Waals surface area contributed by atoms with Crippen molar-refractivity contribution < 1.29 is 23.7 Å². The van der Waals surface area contributed by atoms with Gasteiger partial charge in [0.05, 0.1) is 50.3 Å². The van der Waals surface area contributed by atoms with Crippen molar-refractivity contribution in [3.63, 3.8) is 0 Å². The van der Waals surface area contributed by atoms with Crippen LogP contribution in [-0.4, -0.2) is 38.9 Å². The zero-order valence-corrected chi connectivity index (χ0v) is 24.1. The number of ether oxygens (including phenoxy) is 4. The Hall–Kier alpha value is -4.83. The molecule has 1 N–H and O–H groups in total. The fraction of sp³-hybridized carbons (Fsp3) is 0.194. The maximum absolute atomic E-state index is 14.0. The predicted molar refractivity (Wildman–Crippen MR) is 158 cm³/mol. The van der Waals surface area contributed by atoms with E-state index in [0.29, 0.717) is 54.9 Å². The van der Waals surface area contributed by atoms with E-state index in [9.17, 15) is 9.59 Å². The van der Waals surface area contributed by atoms with Gasteiger partial charge in [0, 0.05) is 5.69 Å². The Bertz CT molecular complexity index is 1780. The Morgan fingerprint density at radius 1 is 0.927 bits per heavy atom. The first-order valence-electron chi connectivity index (χ1n) is 12.7. The van der Waals surface area contributed by atoms with Gasteiger partial charge in [-0.1, -0.05) is 41.7 Å². The summed E-state index contributed by atoms with van der Waals surface area (Å²) in [6.45, 7) is 1.78. The van der Waals surface area contributed by atoms with Crippen molar-refractivity contribution >= 4 is 29.0 Å². The molecule has 41 heavy (non-hydrogen) atoms. The van der Waals surface area contributed by atoms with Crippen LogP contribution in [0.15, 0.2) is 87.8 Å². The number of rotatable bonds is 8. The lowest BCUT2D eigenvalue weighted by atomic mass is 9.95. The van der Waals surface area contributed by atoms with Crippen molar-refractivity contribution in [2.75, 3.05) is 33.8 Å². The van der Waals surface area contributed by atoms with Gasteiger partial charge in [-0.25, -0.2) is 4.99 Å². The lowest BCUT2D eigenvalue weighted by Gasteiger charge is -2.25. The van der Waals surface area contributed by atoms with Gasteiger partial charge >= 0.3 is 0 Å². The molecule has 210 valence electrons. The fourth-order valence-corrected chi connectivity index (χ4v) is 5.82. The lowest BCUT2D eigenvalue weighted by molar-refractivity contribution is -0.113. The highest BCUT2D eigenvalue weighted by molar-refractivity contribution is 7.07. The number of aromatic nitrogens is 1. The quantitative estimate of drug-likeness (QED) is 0.344. The van der Waals surface area contributed by atoms with E-state index in [-0.39, 0.29) is 11.5 Å². The zero-order valence-electron chi connectivity index (χ0n) is 23.3. The van der Waals surface area contributed by atoms with E-state index in [2.05, 4.69) is 5.32 Å². The summed E-state index contributed by atoms with van der Waals surface area (Å²) < 4.78 is 23.7. The third-order valence-corrected chi connectivity index (χ3v) is 7.70. The van der Waals surface area contributed by atoms with Crippen LogP contribution in [0.5, 0.6) is 23.0 Å². The molecular weight excluding hydrogens is 542 g/mol. The molecule has 10 heteroatoms. The first-order valence-corrected chi connectivity index (χ1v) is 13.5. The molecule has 0 saturated carbocycles. The Labute approximate surface area is 240 Å². The Morgan fingerprint density at radius 3 is 2.17 bits per heavy atom. The van der Waals surface area contributed by atoms with E-state index < -0.39 is 6.04 Å². The molecule has 0 saturated heterocycles. The van der Waals surface area contributed by atoms with Crippen LogP contribution < -0.4 is 39.2 Å². The minimum atomic E-state index is -0.706. The van der Waals surface area contributed by atoms with Gasteiger partial charge in [-0.05, 0) is 60.5 Å². The van der Waals surface area contributed by atoms with E-state index in [1.54, 1.807) is 36.8 Å². The monoisotopic (exact) mass is 571 g/mol. The molecule has 1 aliphatic heterocycles. The summed E-state index contributed by atoms with van der Waals surface area (Å²) in [6, 6.07) is 19.3. The van der Waals surface area contributed by atoms with Crippen LogP contribution in [0, 0.1) is 0 Å². The lowest BCUT2D eigenvalue weighted by Crippen LogP contribution is -2.40. The Morgan fingerprint density at radius 2 is 1.59 bits per heavy atom. The molecular formula is C31H29N3O6S. The minimum absolute atomic E-state index is 0.277. The number of hydrogen-bond acceptors (Lipinski definition) is 8. The number of carbonyl (C=O) groups is 1. The van der Waals surface area contributed by atoms with E-state index in [1.807, 2.05) is 54.6 Å². The second-order valence-electron chi connectivity index (χ2n) is 9.13. The molecule has 1 atom stereocenters. The molecule has 1 aromatic heterocycles. The predicted octanol–water partition coefficient (Wildman–Crippen LogP) is 3.91. The molecule has 1 unspecified atom stereocenters. The van der Waals surface area contributed by atoms with Crippen LogP contribution in [0.1, 0.15) is 24.1 Å². The standard InChI is InChI=1S/C31H29N3O6S/c1-18-26(29(35)33-21-9-7-6-8-10-21)27(20-11-13-22(37-2)14-12-20)34-30(36)25(41-31(34)32-18)17-19-15-23(38-3)28(40-5)24(16-19)39-4/h6-17,27H,1-5H3,(H,33,35)/b25-17+. The summed E-state index contributed by atoms with van der Waals surface area (Å²) in [6.07, 6.45) is 1.75. The van der Waals surface area contributed by atoms with Crippen molar-refractivity contribution in [3.8, 4) is 23.0 Å². The SMILES string of the molecule is COc1ccc(C2C(C(=O)Nc3ccccc3)=C(C)N=c3s/c(=C/c4cc(OC)c(OC)c(OC)c4)c(=O)n32)cc1. The van der Waals surface area contributed by atoms with Gasteiger partial charge in [0.25, 0.3) is 11.5 Å². The van der Waals surface area contributed by atoms with Crippen LogP contribution in [0.2, 0.25) is 0 Å². The Kier molecular flexibility index (Phi) is 7.93. The number of fused-ring (bicyclic) bond motifs is 1. The second-order valence-corrected chi connectivity index (χ2v) is 10.1. The molecule has 0 spiro atoms. The van der Waals surface area contributed by atoms with Gasteiger partial charge in [-0.3, -0.25) is 14.2 Å². The number of nitrogens with one attached hydrogen (secondary N) is 1. The number of amides is 1. The van der Waals surface area contributed by atoms with Crippen molar-refractivity contribution in [2.24, 2.45) is 4.99 Å². The molecule has 5 rings (SSSR count). The number of carbonyl (C=O) groups excluding carboxylic acids is 1. The molecule has 9 nitrogen and oxygen atoms in total. The first-order chi connectivity index (χ1) is 19.9. The largest absolute Gasteiger partial charge is 0.497 e. The van der Waals surface area contributed by atoms with Crippen LogP contribution in [0.3, 0.4) is 0 Å². The number of anilines is 1. The fourth-order valence-electron chi connectivity index (χ4n) is 4.77. The third kappa shape index (κ3) is 5.33. The van der Waals surface area contributed by atoms with Crippen LogP contribution in [0.25, 0.3) is 6.08 Å². The third-order valence-electron chi connectivity index (χ3n) is 6.71. The zero-order chi connectivity index (χ0) is 29.1. The van der Waals surface area contributed by atoms with Gasteiger partial charge in [0.15, 0.2) is 16.3 Å². The second kappa shape index (κ2) is 11.7. The van der Waals surface area contributed by atoms with E-state index in [0.717, 1.165) is 5.56 Å². The summed E-state index contributed by atoms with van der Waals surface area (Å²) in [5.74, 6) is 1.73. The summed E-state index contributed by atoms with van der Waals surface area (Å²) in [4.78, 5) is 32.9. The number of methoxy groups -OCH3 is 4. The van der Waals surface area contributed by atoms with Crippen molar-refractivity contribution in [3.05, 3.63) is 109 Å². The topological polar surface area (TPSA) is 100 Å². The van der Waals surface area contributed by atoms with Crippen molar-refractivity contribution in [1.82, 2.24) is 4.57 Å². The maximum Gasteiger partial charge on any atom is 0.271 e. The van der Waals surface area contributed by atoms with E-state index in [1.165, 1.54) is 32.7 Å². The molecule has 1 amide bonds. The summed E-state index contributed by atoms with van der Waals surface area (Å²) in [5, 5.41) is 2.96. The van der Waals surface area contributed by atoms with Gasteiger partial charge in [-0.15, -0.1) is 0 Å². The van der Waals surface area contributed by atoms with Gasteiger partial charge in [-0.2, -0.15) is 0 Å². The van der Waals surface area contributed by atoms with Crippen molar-refractivity contribution in [2.45, 2.75) is 13.0 Å². The highest BCUT2D eigenvalue weighted by Gasteiger charge is 2.32. The number of nitrogens with zero attached hydrogens (tertiary/aromatic N) is 2. The molecule has 0 fully saturated rings. The molecule has 3 aromatic carbocycles. The maximum atomic E-state index is 14.0. The average molecular weight is 572 g/mol. The number of thiazole rings is 1. The highest BCUT2D eigenvalue weighted by atomic mass is 32.1.